The zero-order valence-corrected chi connectivity index (χ0v) is 15.5. The molecule has 1 aromatic rings. The van der Waals surface area contributed by atoms with Gasteiger partial charge in [-0.1, -0.05) is 13.0 Å². The molecule has 0 amide bonds. The van der Waals surface area contributed by atoms with Crippen molar-refractivity contribution in [1.29, 1.82) is 0 Å². The summed E-state index contributed by atoms with van der Waals surface area (Å²) in [4.78, 5) is 9.33. The van der Waals surface area contributed by atoms with Gasteiger partial charge in [0.2, 0.25) is 5.96 Å². The molecule has 132 valence electrons. The van der Waals surface area contributed by atoms with E-state index < -0.39 is 10.0 Å². The van der Waals surface area contributed by atoms with Gasteiger partial charge in [-0.2, -0.15) is 0 Å². The third-order valence-corrected chi connectivity index (χ3v) is 6.72. The molecule has 24 heavy (non-hydrogen) atoms. The maximum atomic E-state index is 13.1. The number of aliphatic imine (C=N–C) groups is 1. The number of likely N-dealkylation sites (N-methyl/N-ethyl adjacent to an activating group) is 1. The molecule has 0 radical (unpaired) electrons. The van der Waals surface area contributed by atoms with Gasteiger partial charge in [-0.25, -0.2) is 12.7 Å². The number of nitrogens with zero attached hydrogens (tertiary/aromatic N) is 4. The predicted octanol–water partition coefficient (Wildman–Crippen LogP) is 1.30. The van der Waals surface area contributed by atoms with Crippen molar-refractivity contribution >= 4 is 16.0 Å². The highest BCUT2D eigenvalue weighted by Crippen LogP contribution is 2.23. The van der Waals surface area contributed by atoms with Crippen LogP contribution < -0.4 is 0 Å². The fraction of sp³-hybridized carbons (Fsp3) is 0.588. The topological polar surface area (TPSA) is 56.2 Å². The average Bonchev–Trinajstić information content (AvgIpc) is 3.08. The molecule has 1 saturated heterocycles. The van der Waals surface area contributed by atoms with E-state index in [1.807, 2.05) is 19.9 Å². The fourth-order valence-electron chi connectivity index (χ4n) is 3.17. The average molecular weight is 350 g/mol. The van der Waals surface area contributed by atoms with Gasteiger partial charge in [0.15, 0.2) is 0 Å². The maximum absolute atomic E-state index is 13.1. The molecule has 0 bridgehead atoms. The number of guanidine groups is 1. The summed E-state index contributed by atoms with van der Waals surface area (Å²) in [5.41, 5.74) is 2.09. The molecule has 6 nitrogen and oxygen atoms in total. The van der Waals surface area contributed by atoms with Gasteiger partial charge in [0, 0.05) is 26.2 Å². The van der Waals surface area contributed by atoms with Crippen molar-refractivity contribution in [1.82, 2.24) is 14.1 Å². The Hall–Kier alpha value is -1.60. The third-order valence-electron chi connectivity index (χ3n) is 4.95. The summed E-state index contributed by atoms with van der Waals surface area (Å²) in [5.74, 6) is 0.615. The number of benzene rings is 1. The Morgan fingerprint density at radius 2 is 1.75 bits per heavy atom. The van der Waals surface area contributed by atoms with Crippen molar-refractivity contribution in [3.8, 4) is 0 Å². The summed E-state index contributed by atoms with van der Waals surface area (Å²) in [5, 5.41) is 0. The Bertz CT molecular complexity index is 737. The van der Waals surface area contributed by atoms with Gasteiger partial charge in [0.05, 0.1) is 18.0 Å². The van der Waals surface area contributed by atoms with E-state index in [1.165, 1.54) is 4.31 Å². The second-order valence-corrected chi connectivity index (χ2v) is 8.29. The summed E-state index contributed by atoms with van der Waals surface area (Å²) >= 11 is 0. The van der Waals surface area contributed by atoms with Crippen LogP contribution in [-0.2, 0) is 10.0 Å². The first-order valence-corrected chi connectivity index (χ1v) is 9.99. The molecule has 0 aliphatic carbocycles. The normalized spacial score (nSPS) is 19.7. The summed E-state index contributed by atoms with van der Waals surface area (Å²) in [7, 11) is -3.55. The van der Waals surface area contributed by atoms with Crippen LogP contribution in [0.2, 0.25) is 0 Å². The van der Waals surface area contributed by atoms with Crippen molar-refractivity contribution in [3.05, 3.63) is 29.3 Å². The van der Waals surface area contributed by atoms with E-state index in [2.05, 4.69) is 21.7 Å². The lowest BCUT2D eigenvalue weighted by Gasteiger charge is -2.37. The van der Waals surface area contributed by atoms with E-state index in [9.17, 15) is 8.42 Å². The van der Waals surface area contributed by atoms with Crippen LogP contribution in [0.1, 0.15) is 18.1 Å². The molecule has 0 aromatic heterocycles. The molecule has 7 heteroatoms. The Balaban J connectivity index is 1.83. The van der Waals surface area contributed by atoms with Crippen LogP contribution >= 0.6 is 0 Å². The van der Waals surface area contributed by atoms with Gasteiger partial charge in [0.1, 0.15) is 0 Å². The number of hydrogen-bond acceptors (Lipinski definition) is 5. The van der Waals surface area contributed by atoms with Crippen LogP contribution in [0.25, 0.3) is 0 Å². The lowest BCUT2D eigenvalue weighted by atomic mass is 10.1. The van der Waals surface area contributed by atoms with Crippen LogP contribution in [-0.4, -0.2) is 74.3 Å². The Morgan fingerprint density at radius 1 is 1.04 bits per heavy atom. The summed E-state index contributed by atoms with van der Waals surface area (Å²) < 4.78 is 27.6. The molecular weight excluding hydrogens is 324 g/mol. The molecule has 3 rings (SSSR count). The van der Waals surface area contributed by atoms with E-state index in [-0.39, 0.29) is 0 Å². The van der Waals surface area contributed by atoms with Crippen molar-refractivity contribution < 1.29 is 8.42 Å². The molecule has 2 aliphatic rings. The molecular formula is C17H26N4O2S. The van der Waals surface area contributed by atoms with Gasteiger partial charge >= 0.3 is 0 Å². The lowest BCUT2D eigenvalue weighted by molar-refractivity contribution is 0.184. The Labute approximate surface area is 144 Å². The molecule has 1 aromatic carbocycles. The number of aryl methyl sites for hydroxylation is 2. The highest BCUT2D eigenvalue weighted by atomic mass is 32.2. The minimum Gasteiger partial charge on any atom is -0.339 e. The summed E-state index contributed by atoms with van der Waals surface area (Å²) in [6.45, 7) is 11.6. The first-order chi connectivity index (χ1) is 11.4. The van der Waals surface area contributed by atoms with E-state index in [1.54, 1.807) is 12.1 Å². The van der Waals surface area contributed by atoms with Crippen molar-refractivity contribution in [2.24, 2.45) is 4.99 Å². The second kappa shape index (κ2) is 6.72. The summed E-state index contributed by atoms with van der Waals surface area (Å²) in [6.07, 6.45) is 0. The number of hydrogen-bond donors (Lipinski definition) is 0. The molecule has 0 N–H and O–H groups in total. The minimum absolute atomic E-state index is 0.354. The van der Waals surface area contributed by atoms with E-state index in [4.69, 9.17) is 0 Å². The number of sulfonamides is 1. The van der Waals surface area contributed by atoms with E-state index >= 15 is 0 Å². The smallest absolute Gasteiger partial charge is 0.266 e. The molecule has 2 heterocycles. The third kappa shape index (κ3) is 3.15. The first-order valence-electron chi connectivity index (χ1n) is 8.55. The first kappa shape index (κ1) is 17.2. The summed E-state index contributed by atoms with van der Waals surface area (Å²) in [6, 6.07) is 5.33. The van der Waals surface area contributed by atoms with Crippen LogP contribution in [0.3, 0.4) is 0 Å². The number of piperazine rings is 1. The van der Waals surface area contributed by atoms with Crippen LogP contribution in [0.4, 0.5) is 0 Å². The second-order valence-electron chi connectivity index (χ2n) is 6.43. The molecule has 0 atom stereocenters. The predicted molar refractivity (Wildman–Crippen MR) is 95.8 cm³/mol. The van der Waals surface area contributed by atoms with E-state index in [0.29, 0.717) is 23.9 Å². The molecule has 1 fully saturated rings. The van der Waals surface area contributed by atoms with Crippen molar-refractivity contribution in [3.63, 3.8) is 0 Å². The fourth-order valence-corrected chi connectivity index (χ4v) is 4.70. The molecule has 0 spiro atoms. The number of rotatable bonds is 3. The van der Waals surface area contributed by atoms with Gasteiger partial charge < -0.3 is 9.80 Å². The van der Waals surface area contributed by atoms with Gasteiger partial charge in [-0.05, 0) is 43.7 Å². The Morgan fingerprint density at radius 3 is 2.38 bits per heavy atom. The quantitative estimate of drug-likeness (QED) is 0.825. The lowest BCUT2D eigenvalue weighted by Crippen LogP contribution is -2.53. The van der Waals surface area contributed by atoms with Crippen molar-refractivity contribution in [2.75, 3.05) is 45.8 Å². The van der Waals surface area contributed by atoms with Gasteiger partial charge in [0.25, 0.3) is 10.0 Å². The minimum atomic E-state index is -3.55. The molecule has 0 saturated carbocycles. The van der Waals surface area contributed by atoms with Crippen LogP contribution in [0.15, 0.2) is 28.1 Å². The van der Waals surface area contributed by atoms with Crippen LogP contribution in [0.5, 0.6) is 0 Å². The highest BCUT2D eigenvalue weighted by Gasteiger charge is 2.34. The zero-order chi connectivity index (χ0) is 17.3. The highest BCUT2D eigenvalue weighted by molar-refractivity contribution is 7.89. The monoisotopic (exact) mass is 350 g/mol. The largest absolute Gasteiger partial charge is 0.339 e. The molecule has 2 aliphatic heterocycles. The zero-order valence-electron chi connectivity index (χ0n) is 14.7. The maximum Gasteiger partial charge on any atom is 0.266 e. The Kier molecular flexibility index (Phi) is 4.83. The molecule has 0 unspecified atom stereocenters. The van der Waals surface area contributed by atoms with Crippen LogP contribution in [0, 0.1) is 13.8 Å². The van der Waals surface area contributed by atoms with E-state index in [0.717, 1.165) is 43.9 Å². The SMILES string of the molecule is CCN1CCN(C2=NCCN2S(=O)(=O)c2ccc(C)c(C)c2)CC1. The van der Waals surface area contributed by atoms with Crippen molar-refractivity contribution in [2.45, 2.75) is 25.7 Å². The van der Waals surface area contributed by atoms with Gasteiger partial charge in [-0.15, -0.1) is 0 Å². The standard InChI is InChI=1S/C17H26N4O2S/c1-4-19-9-11-20(12-10-19)17-18-7-8-21(17)24(22,23)16-6-5-14(2)15(3)13-16/h5-6,13H,4,7-12H2,1-3H3. The van der Waals surface area contributed by atoms with Gasteiger partial charge in [-0.3, -0.25) is 4.99 Å².